The third-order valence-corrected chi connectivity index (χ3v) is 11.0. The Balaban J connectivity index is 1.61. The molecule has 0 radical (unpaired) electrons. The predicted molar refractivity (Wildman–Crippen MR) is 118 cm³/mol. The Hall–Kier alpha value is -0.610. The van der Waals surface area contributed by atoms with Crippen LogP contribution in [0.4, 0.5) is 0 Å². The number of aliphatic hydroxyl groups excluding tert-OH is 2. The molecule has 0 aliphatic heterocycles. The first-order valence-electron chi connectivity index (χ1n) is 12.7. The highest BCUT2D eigenvalue weighted by atomic mass is 16.4. The molecule has 0 unspecified atom stereocenters. The Morgan fingerprint density at radius 3 is 2.33 bits per heavy atom. The first-order chi connectivity index (χ1) is 14.1. The molecular weight excluding hydrogens is 376 g/mol. The molecule has 4 saturated carbocycles. The fraction of sp³-hybridized carbons (Fsp3) is 0.962. The van der Waals surface area contributed by atoms with Gasteiger partial charge in [-0.25, -0.2) is 0 Å². The number of hydrogen-bond acceptors (Lipinski definition) is 3. The molecule has 4 fully saturated rings. The van der Waals surface area contributed by atoms with Crippen LogP contribution in [0.5, 0.6) is 0 Å². The molecule has 11 atom stereocenters. The van der Waals surface area contributed by atoms with Crippen LogP contribution >= 0.6 is 0 Å². The quantitative estimate of drug-likeness (QED) is 0.577. The van der Waals surface area contributed by atoms with Gasteiger partial charge >= 0.3 is 5.97 Å². The first-order valence-corrected chi connectivity index (χ1v) is 12.7. The summed E-state index contributed by atoms with van der Waals surface area (Å²) < 4.78 is 0. The summed E-state index contributed by atoms with van der Waals surface area (Å²) in [6, 6.07) is 0. The van der Waals surface area contributed by atoms with E-state index in [0.29, 0.717) is 41.4 Å². The molecule has 0 spiro atoms. The van der Waals surface area contributed by atoms with E-state index in [2.05, 4.69) is 27.7 Å². The summed E-state index contributed by atoms with van der Waals surface area (Å²) >= 11 is 0. The third kappa shape index (κ3) is 3.36. The minimum atomic E-state index is -0.683. The molecule has 30 heavy (non-hydrogen) atoms. The second-order valence-corrected chi connectivity index (χ2v) is 12.0. The highest BCUT2D eigenvalue weighted by Gasteiger charge is 2.64. The molecule has 0 bridgehead atoms. The summed E-state index contributed by atoms with van der Waals surface area (Å²) in [5.74, 6) is 2.58. The highest BCUT2D eigenvalue weighted by Crippen LogP contribution is 2.69. The monoisotopic (exact) mass is 420 g/mol. The normalized spacial score (nSPS) is 51.5. The highest BCUT2D eigenvalue weighted by molar-refractivity contribution is 5.66. The van der Waals surface area contributed by atoms with Gasteiger partial charge in [-0.1, -0.05) is 34.1 Å². The topological polar surface area (TPSA) is 77.8 Å². The maximum atomic E-state index is 11.7. The van der Waals surface area contributed by atoms with Crippen LogP contribution in [-0.2, 0) is 4.79 Å². The van der Waals surface area contributed by atoms with Crippen LogP contribution in [0.25, 0.3) is 0 Å². The SMILES string of the molecule is CC[C@@H]1[C@@H](O)[C@@H]2[C@H](CC[C@]3(C)[C@@H]([C@H](C)CCC(=O)O)CC[C@@H]23)[C@@]2(C)CC[C@@H](O)C[C@@H]12. The summed E-state index contributed by atoms with van der Waals surface area (Å²) in [4.78, 5) is 11.1. The molecule has 0 heterocycles. The Morgan fingerprint density at radius 1 is 1.00 bits per heavy atom. The van der Waals surface area contributed by atoms with Crippen LogP contribution in [0, 0.1) is 52.3 Å². The van der Waals surface area contributed by atoms with Crippen molar-refractivity contribution in [2.24, 2.45) is 52.3 Å². The van der Waals surface area contributed by atoms with Crippen molar-refractivity contribution in [2.45, 2.75) is 104 Å². The van der Waals surface area contributed by atoms with E-state index in [9.17, 15) is 15.0 Å². The van der Waals surface area contributed by atoms with Crippen molar-refractivity contribution in [1.29, 1.82) is 0 Å². The van der Waals surface area contributed by atoms with Crippen molar-refractivity contribution in [3.63, 3.8) is 0 Å². The lowest BCUT2D eigenvalue weighted by molar-refractivity contribution is -0.203. The maximum absolute atomic E-state index is 11.7. The molecule has 4 nitrogen and oxygen atoms in total. The number of carboxylic acid groups (broad SMARTS) is 1. The summed E-state index contributed by atoms with van der Waals surface area (Å²) in [5, 5.41) is 31.3. The second-order valence-electron chi connectivity index (χ2n) is 12.0. The summed E-state index contributed by atoms with van der Waals surface area (Å²) in [6.45, 7) is 9.44. The Kier molecular flexibility index (Phi) is 6.07. The minimum absolute atomic E-state index is 0.194. The second kappa shape index (κ2) is 8.06. The van der Waals surface area contributed by atoms with E-state index in [-0.39, 0.29) is 29.5 Å². The van der Waals surface area contributed by atoms with E-state index in [0.717, 1.165) is 32.1 Å². The minimum Gasteiger partial charge on any atom is -0.481 e. The molecule has 3 N–H and O–H groups in total. The van der Waals surface area contributed by atoms with Gasteiger partial charge in [0.2, 0.25) is 0 Å². The fourth-order valence-corrected chi connectivity index (χ4v) is 9.48. The molecule has 4 rings (SSSR count). The van der Waals surface area contributed by atoms with Crippen molar-refractivity contribution in [3.8, 4) is 0 Å². The van der Waals surface area contributed by atoms with E-state index in [1.54, 1.807) is 0 Å². The standard InChI is InChI=1S/C26H44O4/c1-5-17-21-14-16(27)10-12-26(21,4)20-11-13-25(3)18(15(2)6-9-22(28)29)7-8-19(25)23(20)24(17)30/h15-21,23-24,27,30H,5-14H2,1-4H3,(H,28,29)/t15-,16-,17+,18-,19+,20+,21+,23+,24-,25-,26-/m1/s1. The van der Waals surface area contributed by atoms with Gasteiger partial charge < -0.3 is 15.3 Å². The smallest absolute Gasteiger partial charge is 0.303 e. The lowest BCUT2D eigenvalue weighted by Crippen LogP contribution is -2.62. The van der Waals surface area contributed by atoms with Crippen molar-refractivity contribution < 1.29 is 20.1 Å². The Labute approximate surface area is 182 Å². The van der Waals surface area contributed by atoms with Crippen LogP contribution < -0.4 is 0 Å². The van der Waals surface area contributed by atoms with Gasteiger partial charge in [0.15, 0.2) is 0 Å². The predicted octanol–water partition coefficient (Wildman–Crippen LogP) is 5.11. The number of aliphatic carboxylic acids is 1. The Morgan fingerprint density at radius 2 is 1.67 bits per heavy atom. The molecule has 0 saturated heterocycles. The summed E-state index contributed by atoms with van der Waals surface area (Å²) in [5.41, 5.74) is 0.480. The fourth-order valence-electron chi connectivity index (χ4n) is 9.48. The van der Waals surface area contributed by atoms with E-state index in [1.165, 1.54) is 25.7 Å². The average molecular weight is 421 g/mol. The van der Waals surface area contributed by atoms with Gasteiger partial charge in [-0.2, -0.15) is 0 Å². The average Bonchev–Trinajstić information content (AvgIpc) is 3.05. The number of aliphatic hydroxyl groups is 2. The lowest BCUT2D eigenvalue weighted by Gasteiger charge is -2.64. The molecule has 4 heteroatoms. The number of rotatable bonds is 5. The summed E-state index contributed by atoms with van der Waals surface area (Å²) in [7, 11) is 0. The molecular formula is C26H44O4. The van der Waals surface area contributed by atoms with Crippen molar-refractivity contribution in [3.05, 3.63) is 0 Å². The number of carboxylic acids is 1. The molecule has 0 aromatic rings. The largest absolute Gasteiger partial charge is 0.481 e. The number of carbonyl (C=O) groups is 1. The molecule has 4 aliphatic carbocycles. The van der Waals surface area contributed by atoms with Crippen LogP contribution in [0.15, 0.2) is 0 Å². The van der Waals surface area contributed by atoms with Crippen LogP contribution in [0.1, 0.15) is 91.9 Å². The molecule has 0 aromatic carbocycles. The first kappa shape index (κ1) is 22.6. The van der Waals surface area contributed by atoms with Gasteiger partial charge in [0.25, 0.3) is 0 Å². The number of hydrogen-bond donors (Lipinski definition) is 3. The van der Waals surface area contributed by atoms with Gasteiger partial charge in [-0.3, -0.25) is 4.79 Å². The van der Waals surface area contributed by atoms with Crippen LogP contribution in [0.2, 0.25) is 0 Å². The zero-order valence-electron chi connectivity index (χ0n) is 19.5. The van der Waals surface area contributed by atoms with Gasteiger partial charge in [0, 0.05) is 6.42 Å². The third-order valence-electron chi connectivity index (χ3n) is 11.0. The van der Waals surface area contributed by atoms with Crippen LogP contribution in [0.3, 0.4) is 0 Å². The van der Waals surface area contributed by atoms with Gasteiger partial charge in [-0.05, 0) is 104 Å². The van der Waals surface area contributed by atoms with Gasteiger partial charge in [0.05, 0.1) is 12.2 Å². The van der Waals surface area contributed by atoms with Gasteiger partial charge in [0.1, 0.15) is 0 Å². The Bertz CT molecular complexity index is 649. The summed E-state index contributed by atoms with van der Waals surface area (Å²) in [6.07, 6.45) is 9.27. The van der Waals surface area contributed by atoms with Crippen molar-refractivity contribution in [2.75, 3.05) is 0 Å². The lowest BCUT2D eigenvalue weighted by atomic mass is 9.41. The molecule has 0 aromatic heterocycles. The maximum Gasteiger partial charge on any atom is 0.303 e. The zero-order chi connectivity index (χ0) is 21.8. The van der Waals surface area contributed by atoms with Crippen molar-refractivity contribution >= 4 is 5.97 Å². The zero-order valence-corrected chi connectivity index (χ0v) is 19.5. The van der Waals surface area contributed by atoms with Gasteiger partial charge in [-0.15, -0.1) is 0 Å². The van der Waals surface area contributed by atoms with E-state index >= 15 is 0 Å². The van der Waals surface area contributed by atoms with E-state index < -0.39 is 5.97 Å². The number of fused-ring (bicyclic) bond motifs is 5. The molecule has 172 valence electrons. The van der Waals surface area contributed by atoms with E-state index in [4.69, 9.17) is 5.11 Å². The van der Waals surface area contributed by atoms with E-state index in [1.807, 2.05) is 0 Å². The van der Waals surface area contributed by atoms with Crippen molar-refractivity contribution in [1.82, 2.24) is 0 Å². The molecule has 0 amide bonds. The van der Waals surface area contributed by atoms with Crippen LogP contribution in [-0.4, -0.2) is 33.5 Å². The molecule has 4 aliphatic rings.